The fourth-order valence-corrected chi connectivity index (χ4v) is 2.27. The van der Waals surface area contributed by atoms with Crippen LogP contribution in [-0.2, 0) is 6.54 Å². The molecule has 124 valence electrons. The second kappa shape index (κ2) is 9.70. The first-order valence-electron chi connectivity index (χ1n) is 7.87. The largest absolute Gasteiger partial charge is 0.392 e. The van der Waals surface area contributed by atoms with Gasteiger partial charge >= 0.3 is 0 Å². The molecular formula is C18H27F2NO. The zero-order valence-electron chi connectivity index (χ0n) is 13.6. The highest BCUT2D eigenvalue weighted by Crippen LogP contribution is 2.14. The number of allylic oxidation sites excluding steroid dienone is 1. The summed E-state index contributed by atoms with van der Waals surface area (Å²) in [6, 6.07) is 3.65. The van der Waals surface area contributed by atoms with Crippen LogP contribution in [0.15, 0.2) is 30.9 Å². The van der Waals surface area contributed by atoms with Crippen LogP contribution in [0.4, 0.5) is 8.78 Å². The fraction of sp³-hybridized carbons (Fsp3) is 0.556. The average molecular weight is 311 g/mol. The molecule has 0 aliphatic carbocycles. The maximum Gasteiger partial charge on any atom is 0.130 e. The molecule has 2 nitrogen and oxygen atoms in total. The lowest BCUT2D eigenvalue weighted by atomic mass is 10.1. The van der Waals surface area contributed by atoms with E-state index in [0.29, 0.717) is 31.0 Å². The van der Waals surface area contributed by atoms with E-state index < -0.39 is 17.7 Å². The van der Waals surface area contributed by atoms with Crippen molar-refractivity contribution in [1.82, 2.24) is 4.90 Å². The molecule has 0 saturated carbocycles. The molecule has 22 heavy (non-hydrogen) atoms. The number of halogens is 2. The van der Waals surface area contributed by atoms with Gasteiger partial charge in [0.2, 0.25) is 0 Å². The first kappa shape index (κ1) is 18.8. The smallest absolute Gasteiger partial charge is 0.130 e. The van der Waals surface area contributed by atoms with Gasteiger partial charge in [-0.2, -0.15) is 0 Å². The molecule has 0 aliphatic rings. The van der Waals surface area contributed by atoms with Crippen LogP contribution >= 0.6 is 0 Å². The van der Waals surface area contributed by atoms with Crippen molar-refractivity contribution in [3.05, 3.63) is 48.1 Å². The van der Waals surface area contributed by atoms with Gasteiger partial charge in [0, 0.05) is 24.7 Å². The normalized spacial score (nSPS) is 12.9. The number of hydrogen-bond acceptors (Lipinski definition) is 2. The SMILES string of the molecule is C=CCCC(O)CN(CCC(C)C)Cc1ccc(F)cc1F. The number of benzene rings is 1. The molecule has 0 fully saturated rings. The summed E-state index contributed by atoms with van der Waals surface area (Å²) < 4.78 is 26.8. The maximum absolute atomic E-state index is 13.8. The number of hydrogen-bond donors (Lipinski definition) is 1. The number of aliphatic hydroxyl groups is 1. The van der Waals surface area contributed by atoms with Crippen LogP contribution in [0, 0.1) is 17.6 Å². The summed E-state index contributed by atoms with van der Waals surface area (Å²) in [7, 11) is 0. The molecule has 0 heterocycles. The van der Waals surface area contributed by atoms with Crippen LogP contribution in [0.2, 0.25) is 0 Å². The molecule has 0 spiro atoms. The van der Waals surface area contributed by atoms with Crippen molar-refractivity contribution in [2.45, 2.75) is 45.8 Å². The summed E-state index contributed by atoms with van der Waals surface area (Å²) in [5, 5.41) is 10.1. The predicted octanol–water partition coefficient (Wildman–Crippen LogP) is 4.14. The molecule has 0 amide bonds. The minimum atomic E-state index is -0.569. The summed E-state index contributed by atoms with van der Waals surface area (Å²) >= 11 is 0. The van der Waals surface area contributed by atoms with Crippen molar-refractivity contribution in [3.8, 4) is 0 Å². The van der Waals surface area contributed by atoms with Gasteiger partial charge in [-0.15, -0.1) is 6.58 Å². The monoisotopic (exact) mass is 311 g/mol. The van der Waals surface area contributed by atoms with Crippen molar-refractivity contribution in [1.29, 1.82) is 0 Å². The lowest BCUT2D eigenvalue weighted by Crippen LogP contribution is -2.33. The Morgan fingerprint density at radius 3 is 2.59 bits per heavy atom. The summed E-state index contributed by atoms with van der Waals surface area (Å²) in [6.45, 7) is 9.55. The molecule has 0 saturated heterocycles. The molecule has 0 bridgehead atoms. The molecule has 0 aromatic heterocycles. The van der Waals surface area contributed by atoms with Crippen molar-refractivity contribution in [2.24, 2.45) is 5.92 Å². The van der Waals surface area contributed by atoms with Gasteiger partial charge in [0.25, 0.3) is 0 Å². The average Bonchev–Trinajstić information content (AvgIpc) is 2.45. The van der Waals surface area contributed by atoms with Gasteiger partial charge in [-0.1, -0.05) is 26.0 Å². The van der Waals surface area contributed by atoms with Crippen LogP contribution in [0.1, 0.15) is 38.7 Å². The maximum atomic E-state index is 13.8. The van der Waals surface area contributed by atoms with E-state index in [4.69, 9.17) is 0 Å². The van der Waals surface area contributed by atoms with Crippen molar-refractivity contribution < 1.29 is 13.9 Å². The summed E-state index contributed by atoms with van der Waals surface area (Å²) in [4.78, 5) is 2.03. The van der Waals surface area contributed by atoms with E-state index in [1.165, 1.54) is 12.1 Å². The van der Waals surface area contributed by atoms with E-state index in [9.17, 15) is 13.9 Å². The standard InChI is InChI=1S/C18H27F2NO/c1-4-5-6-17(22)13-21(10-9-14(2)3)12-15-7-8-16(19)11-18(15)20/h4,7-8,11,14,17,22H,1,5-6,9-10,12-13H2,2-3H3. The van der Waals surface area contributed by atoms with Crippen LogP contribution in [0.3, 0.4) is 0 Å². The Kier molecular flexibility index (Phi) is 8.28. The molecule has 4 heteroatoms. The highest BCUT2D eigenvalue weighted by Gasteiger charge is 2.14. The number of nitrogens with zero attached hydrogens (tertiary/aromatic N) is 1. The van der Waals surface area contributed by atoms with Crippen LogP contribution in [0.5, 0.6) is 0 Å². The van der Waals surface area contributed by atoms with Crippen LogP contribution in [0.25, 0.3) is 0 Å². The Morgan fingerprint density at radius 1 is 1.27 bits per heavy atom. The third-order valence-electron chi connectivity index (χ3n) is 3.60. The van der Waals surface area contributed by atoms with Gasteiger partial charge in [-0.25, -0.2) is 8.78 Å². The highest BCUT2D eigenvalue weighted by molar-refractivity contribution is 5.18. The third kappa shape index (κ3) is 7.14. The van der Waals surface area contributed by atoms with Gasteiger partial charge in [-0.05, 0) is 37.8 Å². The molecule has 1 unspecified atom stereocenters. The van der Waals surface area contributed by atoms with Crippen molar-refractivity contribution in [3.63, 3.8) is 0 Å². The van der Waals surface area contributed by atoms with Crippen molar-refractivity contribution >= 4 is 0 Å². The Balaban J connectivity index is 2.69. The van der Waals surface area contributed by atoms with Gasteiger partial charge in [-0.3, -0.25) is 4.90 Å². The summed E-state index contributed by atoms with van der Waals surface area (Å²) in [5.41, 5.74) is 0.459. The molecule has 1 atom stereocenters. The van der Waals surface area contributed by atoms with Crippen LogP contribution < -0.4 is 0 Å². The second-order valence-corrected chi connectivity index (χ2v) is 6.17. The summed E-state index contributed by atoms with van der Waals surface area (Å²) in [5.74, 6) is -0.568. The molecule has 0 radical (unpaired) electrons. The van der Waals surface area contributed by atoms with E-state index in [1.54, 1.807) is 6.08 Å². The minimum absolute atomic E-state index is 0.379. The van der Waals surface area contributed by atoms with E-state index in [0.717, 1.165) is 25.5 Å². The summed E-state index contributed by atoms with van der Waals surface area (Å²) in [6.07, 6.45) is 3.68. The highest BCUT2D eigenvalue weighted by atomic mass is 19.1. The fourth-order valence-electron chi connectivity index (χ4n) is 2.27. The molecule has 1 rings (SSSR count). The molecular weight excluding hydrogens is 284 g/mol. The van der Waals surface area contributed by atoms with E-state index in [1.807, 2.05) is 4.90 Å². The first-order chi connectivity index (χ1) is 10.4. The first-order valence-corrected chi connectivity index (χ1v) is 7.87. The molecule has 0 aliphatic heterocycles. The predicted molar refractivity (Wildman–Crippen MR) is 86.5 cm³/mol. The van der Waals surface area contributed by atoms with E-state index >= 15 is 0 Å². The van der Waals surface area contributed by atoms with E-state index in [-0.39, 0.29) is 0 Å². The van der Waals surface area contributed by atoms with Gasteiger partial charge < -0.3 is 5.11 Å². The lowest BCUT2D eigenvalue weighted by Gasteiger charge is -2.26. The number of aliphatic hydroxyl groups excluding tert-OH is 1. The Bertz CT molecular complexity index is 462. The van der Waals surface area contributed by atoms with Gasteiger partial charge in [0.05, 0.1) is 6.10 Å². The molecule has 1 aromatic rings. The Labute approximate surface area is 132 Å². The zero-order valence-corrected chi connectivity index (χ0v) is 13.6. The second-order valence-electron chi connectivity index (χ2n) is 6.17. The van der Waals surface area contributed by atoms with E-state index in [2.05, 4.69) is 20.4 Å². The minimum Gasteiger partial charge on any atom is -0.392 e. The zero-order chi connectivity index (χ0) is 16.5. The van der Waals surface area contributed by atoms with Crippen LogP contribution in [-0.4, -0.2) is 29.2 Å². The Hall–Kier alpha value is -1.26. The molecule has 1 aromatic carbocycles. The lowest BCUT2D eigenvalue weighted by molar-refractivity contribution is 0.0988. The Morgan fingerprint density at radius 2 is 2.00 bits per heavy atom. The topological polar surface area (TPSA) is 23.5 Å². The van der Waals surface area contributed by atoms with Gasteiger partial charge in [0.1, 0.15) is 11.6 Å². The quantitative estimate of drug-likeness (QED) is 0.656. The molecule has 1 N–H and O–H groups in total. The van der Waals surface area contributed by atoms with Crippen molar-refractivity contribution in [2.75, 3.05) is 13.1 Å². The third-order valence-corrected chi connectivity index (χ3v) is 3.60. The van der Waals surface area contributed by atoms with Gasteiger partial charge in [0.15, 0.2) is 0 Å². The number of rotatable bonds is 10.